The Bertz CT molecular complexity index is 836. The van der Waals surface area contributed by atoms with Crippen molar-refractivity contribution < 1.29 is 19.1 Å². The number of benzene rings is 2. The molecule has 2 atom stereocenters. The van der Waals surface area contributed by atoms with Crippen molar-refractivity contribution in [2.75, 3.05) is 16.8 Å². The SMILES string of the molecule is CC[C@H](C)Oc1cccc(NC(=O)CN2C(=O)[C@H](C)Oc3ccccc32)c1. The zero-order chi connectivity index (χ0) is 19.4. The zero-order valence-electron chi connectivity index (χ0n) is 15.8. The first-order chi connectivity index (χ1) is 13.0. The number of amides is 2. The molecule has 6 heteroatoms. The second-order valence-corrected chi connectivity index (χ2v) is 6.56. The maximum Gasteiger partial charge on any atom is 0.268 e. The van der Waals surface area contributed by atoms with E-state index in [2.05, 4.69) is 12.2 Å². The van der Waals surface area contributed by atoms with Crippen LogP contribution in [0.5, 0.6) is 11.5 Å². The van der Waals surface area contributed by atoms with E-state index in [4.69, 9.17) is 9.47 Å². The summed E-state index contributed by atoms with van der Waals surface area (Å²) in [6.07, 6.45) is 0.368. The quantitative estimate of drug-likeness (QED) is 0.846. The molecule has 1 aliphatic heterocycles. The summed E-state index contributed by atoms with van der Waals surface area (Å²) in [4.78, 5) is 26.5. The van der Waals surface area contributed by atoms with E-state index in [0.29, 0.717) is 22.9 Å². The highest BCUT2D eigenvalue weighted by Gasteiger charge is 2.32. The number of carbonyl (C=O) groups excluding carboxylic acids is 2. The van der Waals surface area contributed by atoms with Gasteiger partial charge < -0.3 is 14.8 Å². The van der Waals surface area contributed by atoms with Gasteiger partial charge in [-0.1, -0.05) is 25.1 Å². The summed E-state index contributed by atoms with van der Waals surface area (Å²) in [5.41, 5.74) is 1.23. The van der Waals surface area contributed by atoms with Gasteiger partial charge in [0.1, 0.15) is 18.0 Å². The summed E-state index contributed by atoms with van der Waals surface area (Å²) in [6, 6.07) is 14.5. The molecule has 2 amide bonds. The third kappa shape index (κ3) is 4.39. The van der Waals surface area contributed by atoms with Crippen LogP contribution >= 0.6 is 0 Å². The maximum atomic E-state index is 12.5. The van der Waals surface area contributed by atoms with Gasteiger partial charge >= 0.3 is 0 Å². The van der Waals surface area contributed by atoms with Crippen LogP contribution in [-0.4, -0.2) is 30.6 Å². The number of nitrogens with zero attached hydrogens (tertiary/aromatic N) is 1. The molecule has 27 heavy (non-hydrogen) atoms. The highest BCUT2D eigenvalue weighted by atomic mass is 16.5. The lowest BCUT2D eigenvalue weighted by molar-refractivity contribution is -0.127. The zero-order valence-corrected chi connectivity index (χ0v) is 15.8. The smallest absolute Gasteiger partial charge is 0.268 e. The van der Waals surface area contributed by atoms with E-state index >= 15 is 0 Å². The first-order valence-electron chi connectivity index (χ1n) is 9.11. The number of para-hydroxylation sites is 2. The number of fused-ring (bicyclic) bond motifs is 1. The molecule has 0 radical (unpaired) electrons. The second-order valence-electron chi connectivity index (χ2n) is 6.56. The third-order valence-electron chi connectivity index (χ3n) is 4.41. The van der Waals surface area contributed by atoms with Crippen molar-refractivity contribution in [1.29, 1.82) is 0 Å². The third-order valence-corrected chi connectivity index (χ3v) is 4.41. The van der Waals surface area contributed by atoms with Crippen LogP contribution in [0.2, 0.25) is 0 Å². The average molecular weight is 368 g/mol. The Morgan fingerprint density at radius 1 is 1.26 bits per heavy atom. The molecule has 0 spiro atoms. The van der Waals surface area contributed by atoms with Gasteiger partial charge in [-0.15, -0.1) is 0 Å². The molecule has 0 fully saturated rings. The first kappa shape index (κ1) is 18.8. The van der Waals surface area contributed by atoms with Gasteiger partial charge in [0.25, 0.3) is 5.91 Å². The minimum absolute atomic E-state index is 0.0833. The lowest BCUT2D eigenvalue weighted by atomic mass is 10.2. The van der Waals surface area contributed by atoms with Gasteiger partial charge in [-0.3, -0.25) is 14.5 Å². The number of hydrogen-bond acceptors (Lipinski definition) is 4. The number of anilines is 2. The van der Waals surface area contributed by atoms with Crippen molar-refractivity contribution in [3.05, 3.63) is 48.5 Å². The van der Waals surface area contributed by atoms with Gasteiger partial charge in [0.15, 0.2) is 6.10 Å². The molecule has 0 unspecified atom stereocenters. The lowest BCUT2D eigenvalue weighted by Crippen LogP contribution is -2.47. The molecule has 2 aromatic carbocycles. The maximum absolute atomic E-state index is 12.5. The van der Waals surface area contributed by atoms with Crippen molar-refractivity contribution in [2.45, 2.75) is 39.4 Å². The molecule has 142 valence electrons. The highest BCUT2D eigenvalue weighted by Crippen LogP contribution is 2.33. The predicted octanol–water partition coefficient (Wildman–Crippen LogP) is 3.62. The molecule has 0 saturated heterocycles. The number of carbonyl (C=O) groups is 2. The molecule has 3 rings (SSSR count). The summed E-state index contributed by atoms with van der Waals surface area (Å²) < 4.78 is 11.4. The predicted molar refractivity (Wildman–Crippen MR) is 104 cm³/mol. The molecule has 0 aliphatic carbocycles. The Kier molecular flexibility index (Phi) is 5.64. The molecule has 1 heterocycles. The minimum Gasteiger partial charge on any atom is -0.491 e. The fourth-order valence-corrected chi connectivity index (χ4v) is 2.83. The van der Waals surface area contributed by atoms with Crippen LogP contribution in [0.1, 0.15) is 27.2 Å². The summed E-state index contributed by atoms with van der Waals surface area (Å²) >= 11 is 0. The molecule has 1 aliphatic rings. The van der Waals surface area contributed by atoms with E-state index in [0.717, 1.165) is 6.42 Å². The number of ether oxygens (including phenoxy) is 2. The second kappa shape index (κ2) is 8.12. The van der Waals surface area contributed by atoms with Crippen molar-refractivity contribution in [3.8, 4) is 11.5 Å². The van der Waals surface area contributed by atoms with Crippen molar-refractivity contribution >= 4 is 23.2 Å². The van der Waals surface area contributed by atoms with E-state index in [-0.39, 0.29) is 24.5 Å². The van der Waals surface area contributed by atoms with Crippen LogP contribution in [0.15, 0.2) is 48.5 Å². The Morgan fingerprint density at radius 3 is 2.81 bits per heavy atom. The van der Waals surface area contributed by atoms with E-state index < -0.39 is 6.10 Å². The molecule has 0 bridgehead atoms. The Morgan fingerprint density at radius 2 is 2.04 bits per heavy atom. The summed E-state index contributed by atoms with van der Waals surface area (Å²) in [6.45, 7) is 5.64. The van der Waals surface area contributed by atoms with Gasteiger partial charge in [-0.25, -0.2) is 0 Å². The first-order valence-corrected chi connectivity index (χ1v) is 9.11. The molecule has 0 saturated carbocycles. The summed E-state index contributed by atoms with van der Waals surface area (Å²) in [5.74, 6) is 0.774. The fraction of sp³-hybridized carbons (Fsp3) is 0.333. The van der Waals surface area contributed by atoms with E-state index in [1.165, 1.54) is 4.90 Å². The monoisotopic (exact) mass is 368 g/mol. The Balaban J connectivity index is 1.71. The van der Waals surface area contributed by atoms with E-state index in [1.54, 1.807) is 31.2 Å². The average Bonchev–Trinajstić information content (AvgIpc) is 2.65. The van der Waals surface area contributed by atoms with Gasteiger partial charge in [0, 0.05) is 11.8 Å². The Labute approximate surface area is 159 Å². The molecule has 2 aromatic rings. The van der Waals surface area contributed by atoms with Gasteiger partial charge in [0.2, 0.25) is 5.91 Å². The minimum atomic E-state index is -0.625. The molecule has 1 N–H and O–H groups in total. The van der Waals surface area contributed by atoms with Gasteiger partial charge in [-0.2, -0.15) is 0 Å². The van der Waals surface area contributed by atoms with Crippen molar-refractivity contribution in [2.24, 2.45) is 0 Å². The Hall–Kier alpha value is -3.02. The molecular weight excluding hydrogens is 344 g/mol. The number of nitrogens with one attached hydrogen (secondary N) is 1. The van der Waals surface area contributed by atoms with Crippen LogP contribution < -0.4 is 19.7 Å². The molecule has 0 aromatic heterocycles. The van der Waals surface area contributed by atoms with Crippen LogP contribution in [0.3, 0.4) is 0 Å². The van der Waals surface area contributed by atoms with Crippen molar-refractivity contribution in [1.82, 2.24) is 0 Å². The normalized spacial score (nSPS) is 16.9. The number of rotatable bonds is 6. The van der Waals surface area contributed by atoms with Crippen LogP contribution in [0, 0.1) is 0 Å². The molecule has 6 nitrogen and oxygen atoms in total. The largest absolute Gasteiger partial charge is 0.491 e. The number of hydrogen-bond donors (Lipinski definition) is 1. The van der Waals surface area contributed by atoms with E-state index in [1.807, 2.05) is 31.2 Å². The topological polar surface area (TPSA) is 67.9 Å². The fourth-order valence-electron chi connectivity index (χ4n) is 2.83. The lowest BCUT2D eigenvalue weighted by Gasteiger charge is -2.32. The van der Waals surface area contributed by atoms with Gasteiger partial charge in [-0.05, 0) is 44.5 Å². The highest BCUT2D eigenvalue weighted by molar-refractivity contribution is 6.06. The van der Waals surface area contributed by atoms with Crippen LogP contribution in [0.4, 0.5) is 11.4 Å². The van der Waals surface area contributed by atoms with Crippen LogP contribution in [0.25, 0.3) is 0 Å². The van der Waals surface area contributed by atoms with Crippen LogP contribution in [-0.2, 0) is 9.59 Å². The summed E-state index contributed by atoms with van der Waals surface area (Å²) in [7, 11) is 0. The van der Waals surface area contributed by atoms with Crippen molar-refractivity contribution in [3.63, 3.8) is 0 Å². The molecular formula is C21H24N2O4. The van der Waals surface area contributed by atoms with E-state index in [9.17, 15) is 9.59 Å². The summed E-state index contributed by atoms with van der Waals surface area (Å²) in [5, 5.41) is 2.83. The standard InChI is InChI=1S/C21H24N2O4/c1-4-14(2)26-17-9-7-8-16(12-17)22-20(24)13-23-18-10-5-6-11-19(18)27-15(3)21(23)25/h5-12,14-15H,4,13H2,1-3H3,(H,22,24)/t14-,15-/m0/s1. The van der Waals surface area contributed by atoms with Gasteiger partial charge in [0.05, 0.1) is 11.8 Å².